The largest absolute Gasteiger partial charge is 0.480 e. The van der Waals surface area contributed by atoms with E-state index in [2.05, 4.69) is 5.32 Å². The molecular weight excluding hydrogens is 270 g/mol. The molecule has 5 nitrogen and oxygen atoms in total. The lowest BCUT2D eigenvalue weighted by Gasteiger charge is -2.16. The third-order valence-corrected chi connectivity index (χ3v) is 2.73. The van der Waals surface area contributed by atoms with Crippen LogP contribution in [0.1, 0.15) is 30.6 Å². The van der Waals surface area contributed by atoms with Crippen LogP contribution in [-0.4, -0.2) is 29.6 Å². The standard InChI is InChI=1S/C13H16ClNO4/c1-3-7-15-12(16)8(2)19-10-6-4-5-9(14)11(10)13(17)18/h4-6,8H,3,7H2,1-2H3,(H,15,16)(H,17,18). The summed E-state index contributed by atoms with van der Waals surface area (Å²) in [5.41, 5.74) is -0.140. The van der Waals surface area contributed by atoms with Crippen molar-refractivity contribution < 1.29 is 19.4 Å². The molecule has 0 radical (unpaired) electrons. The van der Waals surface area contributed by atoms with Crippen LogP contribution >= 0.6 is 11.6 Å². The molecule has 0 aliphatic heterocycles. The van der Waals surface area contributed by atoms with Crippen LogP contribution in [0.15, 0.2) is 18.2 Å². The van der Waals surface area contributed by atoms with E-state index in [0.717, 1.165) is 6.42 Å². The van der Waals surface area contributed by atoms with Crippen molar-refractivity contribution in [3.8, 4) is 5.75 Å². The van der Waals surface area contributed by atoms with Crippen LogP contribution in [0.5, 0.6) is 5.75 Å². The molecule has 0 saturated heterocycles. The zero-order chi connectivity index (χ0) is 14.4. The number of ether oxygens (including phenoxy) is 1. The summed E-state index contributed by atoms with van der Waals surface area (Å²) >= 11 is 5.81. The van der Waals surface area contributed by atoms with Crippen LogP contribution < -0.4 is 10.1 Å². The summed E-state index contributed by atoms with van der Waals surface area (Å²) in [6, 6.07) is 4.50. The molecule has 6 heteroatoms. The molecule has 2 N–H and O–H groups in total. The van der Waals surface area contributed by atoms with Gasteiger partial charge in [-0.3, -0.25) is 4.79 Å². The van der Waals surface area contributed by atoms with Crippen LogP contribution in [0.25, 0.3) is 0 Å². The molecule has 0 aromatic heterocycles. The fraction of sp³-hybridized carbons (Fsp3) is 0.385. The molecule has 104 valence electrons. The highest BCUT2D eigenvalue weighted by atomic mass is 35.5. The minimum Gasteiger partial charge on any atom is -0.480 e. The molecule has 0 spiro atoms. The number of nitrogens with one attached hydrogen (secondary N) is 1. The summed E-state index contributed by atoms with van der Waals surface area (Å²) in [6.07, 6.45) is 0.0267. The maximum atomic E-state index is 11.7. The number of hydrogen-bond donors (Lipinski definition) is 2. The molecule has 1 atom stereocenters. The lowest BCUT2D eigenvalue weighted by molar-refractivity contribution is -0.127. The number of rotatable bonds is 6. The van der Waals surface area contributed by atoms with Crippen LogP contribution in [-0.2, 0) is 4.79 Å². The van der Waals surface area contributed by atoms with Gasteiger partial charge in [0, 0.05) is 6.54 Å². The number of halogens is 1. The van der Waals surface area contributed by atoms with Gasteiger partial charge in [0.15, 0.2) is 6.10 Å². The Morgan fingerprint density at radius 2 is 2.16 bits per heavy atom. The second kappa shape index (κ2) is 6.99. The van der Waals surface area contributed by atoms with Gasteiger partial charge >= 0.3 is 5.97 Å². The third-order valence-electron chi connectivity index (χ3n) is 2.41. The van der Waals surface area contributed by atoms with E-state index in [1.165, 1.54) is 12.1 Å². The van der Waals surface area contributed by atoms with Crippen molar-refractivity contribution >= 4 is 23.5 Å². The molecule has 0 aliphatic carbocycles. The number of aromatic carboxylic acids is 1. The summed E-state index contributed by atoms with van der Waals surface area (Å²) < 4.78 is 5.37. The van der Waals surface area contributed by atoms with E-state index in [0.29, 0.717) is 6.54 Å². The van der Waals surface area contributed by atoms with Crippen molar-refractivity contribution in [1.82, 2.24) is 5.32 Å². The molecule has 1 rings (SSSR count). The Kier molecular flexibility index (Phi) is 5.63. The predicted molar refractivity (Wildman–Crippen MR) is 71.8 cm³/mol. The van der Waals surface area contributed by atoms with Crippen molar-refractivity contribution in [1.29, 1.82) is 0 Å². The normalized spacial score (nSPS) is 11.7. The first kappa shape index (κ1) is 15.3. The molecular formula is C13H16ClNO4. The maximum absolute atomic E-state index is 11.7. The van der Waals surface area contributed by atoms with E-state index in [-0.39, 0.29) is 22.2 Å². The smallest absolute Gasteiger partial charge is 0.341 e. The number of benzene rings is 1. The van der Waals surface area contributed by atoms with E-state index in [4.69, 9.17) is 21.4 Å². The minimum atomic E-state index is -1.19. The van der Waals surface area contributed by atoms with E-state index in [1.54, 1.807) is 13.0 Å². The SMILES string of the molecule is CCCNC(=O)C(C)Oc1cccc(Cl)c1C(=O)O. The van der Waals surface area contributed by atoms with Gasteiger partial charge in [0.25, 0.3) is 5.91 Å². The van der Waals surface area contributed by atoms with Crippen molar-refractivity contribution in [2.75, 3.05) is 6.54 Å². The second-order valence-electron chi connectivity index (χ2n) is 3.97. The Labute approximate surface area is 116 Å². The Balaban J connectivity index is 2.85. The number of carbonyl (C=O) groups is 2. The first-order valence-electron chi connectivity index (χ1n) is 5.93. The summed E-state index contributed by atoms with van der Waals surface area (Å²) in [7, 11) is 0. The first-order chi connectivity index (χ1) is 8.97. The molecule has 19 heavy (non-hydrogen) atoms. The number of carboxylic acids is 1. The lowest BCUT2D eigenvalue weighted by Crippen LogP contribution is -2.36. The summed E-state index contributed by atoms with van der Waals surface area (Å²) in [6.45, 7) is 4.04. The summed E-state index contributed by atoms with van der Waals surface area (Å²) in [4.78, 5) is 22.8. The molecule has 0 aliphatic rings. The second-order valence-corrected chi connectivity index (χ2v) is 4.38. The maximum Gasteiger partial charge on any atom is 0.341 e. The first-order valence-corrected chi connectivity index (χ1v) is 6.31. The molecule has 1 aromatic rings. The van der Waals surface area contributed by atoms with Crippen LogP contribution in [0.2, 0.25) is 5.02 Å². The van der Waals surface area contributed by atoms with Gasteiger partial charge in [-0.25, -0.2) is 4.79 Å². The van der Waals surface area contributed by atoms with Gasteiger partial charge in [-0.15, -0.1) is 0 Å². The Bertz CT molecular complexity index is 476. The number of amides is 1. The fourth-order valence-electron chi connectivity index (χ4n) is 1.45. The van der Waals surface area contributed by atoms with Gasteiger partial charge in [0.05, 0.1) is 5.02 Å². The van der Waals surface area contributed by atoms with Gasteiger partial charge < -0.3 is 15.2 Å². The molecule has 0 bridgehead atoms. The average molecular weight is 286 g/mol. The molecule has 0 saturated carbocycles. The van der Waals surface area contributed by atoms with Gasteiger partial charge in [-0.2, -0.15) is 0 Å². The monoisotopic (exact) mass is 285 g/mol. The zero-order valence-electron chi connectivity index (χ0n) is 10.8. The number of hydrogen-bond acceptors (Lipinski definition) is 3. The van der Waals surface area contributed by atoms with Gasteiger partial charge in [-0.05, 0) is 25.5 Å². The topological polar surface area (TPSA) is 75.6 Å². The predicted octanol–water partition coefficient (Wildman–Crippen LogP) is 2.33. The summed E-state index contributed by atoms with van der Waals surface area (Å²) in [5, 5.41) is 11.8. The third kappa shape index (κ3) is 4.13. The quantitative estimate of drug-likeness (QED) is 0.841. The van der Waals surface area contributed by atoms with Crippen molar-refractivity contribution in [3.05, 3.63) is 28.8 Å². The minimum absolute atomic E-state index is 0.0752. The summed E-state index contributed by atoms with van der Waals surface area (Å²) in [5.74, 6) is -1.40. The van der Waals surface area contributed by atoms with Gasteiger partial charge in [0.1, 0.15) is 11.3 Å². The highest BCUT2D eigenvalue weighted by Crippen LogP contribution is 2.27. The molecule has 1 unspecified atom stereocenters. The van der Waals surface area contributed by atoms with Crippen LogP contribution in [0.4, 0.5) is 0 Å². The average Bonchev–Trinajstić information content (AvgIpc) is 2.35. The molecule has 0 fully saturated rings. The highest BCUT2D eigenvalue weighted by molar-refractivity contribution is 6.33. The van der Waals surface area contributed by atoms with E-state index >= 15 is 0 Å². The van der Waals surface area contributed by atoms with Crippen LogP contribution in [0, 0.1) is 0 Å². The Morgan fingerprint density at radius 1 is 1.47 bits per heavy atom. The number of carbonyl (C=O) groups excluding carboxylic acids is 1. The highest BCUT2D eigenvalue weighted by Gasteiger charge is 2.20. The zero-order valence-corrected chi connectivity index (χ0v) is 11.5. The Morgan fingerprint density at radius 3 is 2.74 bits per heavy atom. The lowest BCUT2D eigenvalue weighted by atomic mass is 10.2. The molecule has 1 aromatic carbocycles. The van der Waals surface area contributed by atoms with Crippen LogP contribution in [0.3, 0.4) is 0 Å². The molecule has 0 heterocycles. The van der Waals surface area contributed by atoms with Gasteiger partial charge in [0.2, 0.25) is 0 Å². The van der Waals surface area contributed by atoms with Crippen molar-refractivity contribution in [3.63, 3.8) is 0 Å². The van der Waals surface area contributed by atoms with Gasteiger partial charge in [-0.1, -0.05) is 24.6 Å². The van der Waals surface area contributed by atoms with E-state index in [1.807, 2.05) is 6.92 Å². The van der Waals surface area contributed by atoms with Crippen molar-refractivity contribution in [2.24, 2.45) is 0 Å². The Hall–Kier alpha value is -1.75. The fourth-order valence-corrected chi connectivity index (χ4v) is 1.69. The van der Waals surface area contributed by atoms with E-state index in [9.17, 15) is 9.59 Å². The van der Waals surface area contributed by atoms with Crippen molar-refractivity contribution in [2.45, 2.75) is 26.4 Å². The number of carboxylic acid groups (broad SMARTS) is 1. The molecule has 1 amide bonds. The van der Waals surface area contributed by atoms with E-state index < -0.39 is 12.1 Å².